The van der Waals surface area contributed by atoms with Gasteiger partial charge >= 0.3 is 0 Å². The van der Waals surface area contributed by atoms with Gasteiger partial charge in [0.25, 0.3) is 11.5 Å². The first-order valence-corrected chi connectivity index (χ1v) is 8.31. The fourth-order valence-electron chi connectivity index (χ4n) is 2.32. The normalized spacial score (nSPS) is 11.0. The smallest absolute Gasteiger partial charge is 0.280 e. The summed E-state index contributed by atoms with van der Waals surface area (Å²) in [7, 11) is 0. The summed E-state index contributed by atoms with van der Waals surface area (Å²) < 4.78 is 2.24. The number of para-hydroxylation sites is 1. The lowest BCUT2D eigenvalue weighted by Gasteiger charge is -1.99. The van der Waals surface area contributed by atoms with Crippen LogP contribution in [0.2, 0.25) is 0 Å². The van der Waals surface area contributed by atoms with E-state index < -0.39 is 0 Å². The zero-order chi connectivity index (χ0) is 17.8. The number of hydrazone groups is 1. The highest BCUT2D eigenvalue weighted by atomic mass is 79.9. The highest BCUT2D eigenvalue weighted by molar-refractivity contribution is 9.10. The van der Waals surface area contributed by atoms with E-state index in [0.717, 1.165) is 10.2 Å². The summed E-state index contributed by atoms with van der Waals surface area (Å²) in [6, 6.07) is 16.2. The van der Waals surface area contributed by atoms with Crippen LogP contribution in [0.1, 0.15) is 21.6 Å². The van der Waals surface area contributed by atoms with Crippen LogP contribution in [0.25, 0.3) is 5.69 Å². The molecule has 1 amide bonds. The van der Waals surface area contributed by atoms with E-state index in [4.69, 9.17) is 0 Å². The number of aromatic amines is 1. The molecule has 0 atom stereocenters. The molecule has 2 aromatic carbocycles. The number of rotatable bonds is 4. The van der Waals surface area contributed by atoms with Crippen LogP contribution in [0, 0.1) is 6.92 Å². The van der Waals surface area contributed by atoms with Gasteiger partial charge in [-0.25, -0.2) is 10.1 Å². The van der Waals surface area contributed by atoms with Crippen molar-refractivity contribution in [3.8, 4) is 5.69 Å². The van der Waals surface area contributed by atoms with E-state index in [2.05, 4.69) is 31.6 Å². The summed E-state index contributed by atoms with van der Waals surface area (Å²) in [6.07, 6.45) is 1.35. The number of nitrogens with one attached hydrogen (secondary N) is 2. The van der Waals surface area contributed by atoms with Crippen molar-refractivity contribution in [2.75, 3.05) is 0 Å². The molecule has 1 heterocycles. The fraction of sp³-hybridized carbons (Fsp3) is 0.0556. The summed E-state index contributed by atoms with van der Waals surface area (Å²) in [6.45, 7) is 1.78. The highest BCUT2D eigenvalue weighted by Crippen LogP contribution is 2.11. The highest BCUT2D eigenvalue weighted by Gasteiger charge is 2.10. The van der Waals surface area contributed by atoms with Crippen LogP contribution in [-0.4, -0.2) is 21.9 Å². The average Bonchev–Trinajstić information content (AvgIpc) is 2.90. The lowest BCUT2D eigenvalue weighted by Crippen LogP contribution is -2.20. The Labute approximate surface area is 152 Å². The molecule has 0 unspecified atom stereocenters. The molecule has 0 saturated heterocycles. The predicted molar refractivity (Wildman–Crippen MR) is 100 cm³/mol. The quantitative estimate of drug-likeness (QED) is 0.523. The number of H-pyrrole nitrogens is 1. The predicted octanol–water partition coefficient (Wildman–Crippen LogP) is 3.00. The third-order valence-electron chi connectivity index (χ3n) is 3.58. The second-order valence-corrected chi connectivity index (χ2v) is 6.25. The lowest BCUT2D eigenvalue weighted by molar-refractivity contribution is 0.0955. The van der Waals surface area contributed by atoms with E-state index in [-0.39, 0.29) is 11.5 Å². The van der Waals surface area contributed by atoms with Crippen molar-refractivity contribution in [1.29, 1.82) is 0 Å². The first kappa shape index (κ1) is 16.9. The Bertz CT molecular complexity index is 990. The van der Waals surface area contributed by atoms with Crippen molar-refractivity contribution in [1.82, 2.24) is 15.2 Å². The number of aryl methyl sites for hydroxylation is 1. The van der Waals surface area contributed by atoms with Crippen molar-refractivity contribution in [3.63, 3.8) is 0 Å². The molecule has 126 valence electrons. The SMILES string of the molecule is Cc1[nH]n(-c2ccccc2)c(=O)c1C=NNC(=O)c1cccc(Br)c1. The molecule has 0 bridgehead atoms. The molecule has 3 aromatic rings. The van der Waals surface area contributed by atoms with Crippen LogP contribution in [0.5, 0.6) is 0 Å². The maximum Gasteiger partial charge on any atom is 0.280 e. The van der Waals surface area contributed by atoms with Crippen LogP contribution in [-0.2, 0) is 0 Å². The van der Waals surface area contributed by atoms with E-state index >= 15 is 0 Å². The molecule has 7 heteroatoms. The van der Waals surface area contributed by atoms with E-state index in [1.807, 2.05) is 36.4 Å². The van der Waals surface area contributed by atoms with Crippen LogP contribution < -0.4 is 11.0 Å². The van der Waals surface area contributed by atoms with Gasteiger partial charge in [-0.2, -0.15) is 5.10 Å². The standard InChI is InChI=1S/C18H15BrN4O2/c1-12-16(18(25)23(22-12)15-8-3-2-4-9-15)11-20-21-17(24)13-6-5-7-14(19)10-13/h2-11,22H,1H3,(H,21,24). The maximum absolute atomic E-state index is 12.5. The minimum Gasteiger partial charge on any atom is -0.295 e. The van der Waals surface area contributed by atoms with Gasteiger partial charge in [-0.05, 0) is 37.3 Å². The summed E-state index contributed by atoms with van der Waals surface area (Å²) in [5, 5.41) is 6.90. The van der Waals surface area contributed by atoms with Crippen LogP contribution in [0.15, 0.2) is 69.0 Å². The molecule has 6 nitrogen and oxygen atoms in total. The second-order valence-electron chi connectivity index (χ2n) is 5.34. The van der Waals surface area contributed by atoms with Crippen molar-refractivity contribution in [2.24, 2.45) is 5.10 Å². The molecular weight excluding hydrogens is 384 g/mol. The average molecular weight is 399 g/mol. The monoisotopic (exact) mass is 398 g/mol. The number of halogens is 1. The van der Waals surface area contributed by atoms with Crippen molar-refractivity contribution in [3.05, 3.63) is 86.2 Å². The third kappa shape index (κ3) is 3.77. The van der Waals surface area contributed by atoms with Crippen LogP contribution in [0.3, 0.4) is 0 Å². The van der Waals surface area contributed by atoms with Crippen molar-refractivity contribution < 1.29 is 4.79 Å². The van der Waals surface area contributed by atoms with Crippen LogP contribution >= 0.6 is 15.9 Å². The molecule has 0 radical (unpaired) electrons. The zero-order valence-corrected chi connectivity index (χ0v) is 14.9. The number of aromatic nitrogens is 2. The number of carbonyl (C=O) groups excluding carboxylic acids is 1. The van der Waals surface area contributed by atoms with E-state index in [0.29, 0.717) is 16.8 Å². The molecule has 0 saturated carbocycles. The summed E-state index contributed by atoms with van der Waals surface area (Å²) in [4.78, 5) is 24.5. The molecule has 3 rings (SSSR count). The van der Waals surface area contributed by atoms with Gasteiger partial charge in [-0.1, -0.05) is 40.2 Å². The second kappa shape index (κ2) is 7.31. The fourth-order valence-corrected chi connectivity index (χ4v) is 2.72. The Balaban J connectivity index is 1.79. The number of benzene rings is 2. The third-order valence-corrected chi connectivity index (χ3v) is 4.07. The maximum atomic E-state index is 12.5. The minimum absolute atomic E-state index is 0.232. The first-order valence-electron chi connectivity index (χ1n) is 7.52. The molecule has 2 N–H and O–H groups in total. The molecule has 25 heavy (non-hydrogen) atoms. The van der Waals surface area contributed by atoms with Gasteiger partial charge in [-0.3, -0.25) is 14.7 Å². The van der Waals surface area contributed by atoms with Gasteiger partial charge in [0.1, 0.15) is 0 Å². The number of nitrogens with zero attached hydrogens (tertiary/aromatic N) is 2. The Morgan fingerprint density at radius 2 is 1.96 bits per heavy atom. The molecule has 0 spiro atoms. The Morgan fingerprint density at radius 3 is 2.68 bits per heavy atom. The Hall–Kier alpha value is -2.93. The number of amides is 1. The van der Waals surface area contributed by atoms with Gasteiger partial charge in [0, 0.05) is 15.7 Å². The number of hydrogen-bond donors (Lipinski definition) is 2. The zero-order valence-electron chi connectivity index (χ0n) is 13.4. The number of carbonyl (C=O) groups is 1. The summed E-state index contributed by atoms with van der Waals surface area (Å²) in [5.41, 5.74) is 4.44. The van der Waals surface area contributed by atoms with Gasteiger partial charge in [0.2, 0.25) is 0 Å². The Morgan fingerprint density at radius 1 is 1.20 bits per heavy atom. The Kier molecular flexibility index (Phi) is 4.95. The van der Waals surface area contributed by atoms with Crippen LogP contribution in [0.4, 0.5) is 0 Å². The van der Waals surface area contributed by atoms with E-state index in [1.54, 1.807) is 25.1 Å². The van der Waals surface area contributed by atoms with Gasteiger partial charge in [-0.15, -0.1) is 0 Å². The number of hydrogen-bond acceptors (Lipinski definition) is 3. The topological polar surface area (TPSA) is 79.2 Å². The summed E-state index contributed by atoms with van der Waals surface area (Å²) >= 11 is 3.31. The molecule has 0 aliphatic rings. The van der Waals surface area contributed by atoms with E-state index in [9.17, 15) is 9.59 Å². The largest absolute Gasteiger partial charge is 0.295 e. The van der Waals surface area contributed by atoms with Gasteiger partial charge < -0.3 is 0 Å². The molecule has 0 fully saturated rings. The molecule has 1 aromatic heterocycles. The van der Waals surface area contributed by atoms with Crippen molar-refractivity contribution in [2.45, 2.75) is 6.92 Å². The first-order chi connectivity index (χ1) is 12.1. The summed E-state index contributed by atoms with van der Waals surface area (Å²) in [5.74, 6) is -0.353. The molecular formula is C18H15BrN4O2. The van der Waals surface area contributed by atoms with Gasteiger partial charge in [0.15, 0.2) is 0 Å². The van der Waals surface area contributed by atoms with E-state index in [1.165, 1.54) is 10.9 Å². The lowest BCUT2D eigenvalue weighted by atomic mass is 10.2. The van der Waals surface area contributed by atoms with Gasteiger partial charge in [0.05, 0.1) is 17.5 Å². The molecule has 0 aliphatic carbocycles. The minimum atomic E-state index is -0.353. The molecule has 0 aliphatic heterocycles. The van der Waals surface area contributed by atoms with Crippen molar-refractivity contribution >= 4 is 28.1 Å².